The second-order valence-corrected chi connectivity index (χ2v) is 6.72. The number of hydrazone groups is 1. The van der Waals surface area contributed by atoms with Crippen molar-refractivity contribution in [3.05, 3.63) is 87.0 Å². The molecule has 7 heteroatoms. The van der Waals surface area contributed by atoms with E-state index in [1.807, 2.05) is 48.5 Å². The Morgan fingerprint density at radius 3 is 2.29 bits per heavy atom. The Balaban J connectivity index is 1.62. The molecule has 0 aliphatic carbocycles. The fourth-order valence-electron chi connectivity index (χ4n) is 3.18. The summed E-state index contributed by atoms with van der Waals surface area (Å²) in [7, 11) is 0. The van der Waals surface area contributed by atoms with Crippen LogP contribution in [0.3, 0.4) is 0 Å². The monoisotopic (exact) mass is 388 g/mol. The summed E-state index contributed by atoms with van der Waals surface area (Å²) in [5.41, 5.74) is 3.53. The van der Waals surface area contributed by atoms with Crippen LogP contribution in [0, 0.1) is 4.77 Å². The number of amides is 1. The summed E-state index contributed by atoms with van der Waals surface area (Å²) in [6, 6.07) is 19.5. The molecule has 1 heterocycles. The molecule has 0 fully saturated rings. The molecule has 0 aliphatic heterocycles. The van der Waals surface area contributed by atoms with Gasteiger partial charge in [0, 0.05) is 17.3 Å². The predicted molar refractivity (Wildman–Crippen MR) is 113 cm³/mol. The molecule has 0 radical (unpaired) electrons. The molecule has 6 nitrogen and oxygen atoms in total. The van der Waals surface area contributed by atoms with Crippen molar-refractivity contribution in [2.24, 2.45) is 5.10 Å². The first-order valence-electron chi connectivity index (χ1n) is 8.65. The third-order valence-corrected chi connectivity index (χ3v) is 4.57. The molecule has 0 aliphatic rings. The smallest absolute Gasteiger partial charge is 0.251 e. The van der Waals surface area contributed by atoms with Gasteiger partial charge in [-0.15, -0.1) is 0 Å². The molecule has 1 aromatic heterocycles. The van der Waals surface area contributed by atoms with Gasteiger partial charge in [0.1, 0.15) is 0 Å². The fourth-order valence-corrected chi connectivity index (χ4v) is 3.42. The van der Waals surface area contributed by atoms with Gasteiger partial charge in [-0.05, 0) is 39.8 Å². The van der Waals surface area contributed by atoms with Gasteiger partial charge in [-0.25, -0.2) is 5.43 Å². The highest BCUT2D eigenvalue weighted by atomic mass is 32.1. The Labute approximate surface area is 164 Å². The largest absolute Gasteiger partial charge is 0.335 e. The maximum atomic E-state index is 12.2. The van der Waals surface area contributed by atoms with Crippen molar-refractivity contribution in [2.45, 2.75) is 6.42 Å². The summed E-state index contributed by atoms with van der Waals surface area (Å²) in [5, 5.41) is 8.44. The lowest BCUT2D eigenvalue weighted by molar-refractivity contribution is -0.120. The minimum absolute atomic E-state index is 0.0266. The number of rotatable bonds is 4. The number of nitrogens with one attached hydrogen (secondary N) is 3. The number of nitrogens with zero attached hydrogens (tertiary/aromatic N) is 1. The highest BCUT2D eigenvalue weighted by Gasteiger charge is 2.07. The maximum absolute atomic E-state index is 12.2. The zero-order valence-electron chi connectivity index (χ0n) is 14.7. The van der Waals surface area contributed by atoms with Crippen molar-refractivity contribution in [3.8, 4) is 0 Å². The molecule has 1 amide bonds. The molecule has 3 N–H and O–H groups in total. The van der Waals surface area contributed by atoms with Crippen molar-refractivity contribution in [1.82, 2.24) is 15.4 Å². The summed E-state index contributed by atoms with van der Waals surface area (Å²) in [6.45, 7) is 0. The molecule has 4 aromatic rings. The summed E-state index contributed by atoms with van der Waals surface area (Å²) in [5.74, 6) is -0.350. The van der Waals surface area contributed by atoms with Crippen molar-refractivity contribution in [1.29, 1.82) is 0 Å². The van der Waals surface area contributed by atoms with E-state index in [-0.39, 0.29) is 22.7 Å². The molecule has 138 valence electrons. The Morgan fingerprint density at radius 2 is 1.64 bits per heavy atom. The van der Waals surface area contributed by atoms with E-state index in [0.29, 0.717) is 5.69 Å². The highest BCUT2D eigenvalue weighted by molar-refractivity contribution is 7.71. The number of benzene rings is 3. The first kappa shape index (κ1) is 17.8. The lowest BCUT2D eigenvalue weighted by Gasteiger charge is -2.08. The highest BCUT2D eigenvalue weighted by Crippen LogP contribution is 2.27. The van der Waals surface area contributed by atoms with Gasteiger partial charge in [-0.3, -0.25) is 14.6 Å². The van der Waals surface area contributed by atoms with E-state index in [2.05, 4.69) is 26.6 Å². The van der Waals surface area contributed by atoms with Gasteiger partial charge in [-0.1, -0.05) is 48.5 Å². The van der Waals surface area contributed by atoms with Crippen molar-refractivity contribution < 1.29 is 4.79 Å². The first-order valence-corrected chi connectivity index (χ1v) is 9.06. The second-order valence-electron chi connectivity index (χ2n) is 6.32. The quantitative estimate of drug-likeness (QED) is 0.217. The van der Waals surface area contributed by atoms with Crippen LogP contribution in [0.15, 0.2) is 70.6 Å². The molecule has 28 heavy (non-hydrogen) atoms. The van der Waals surface area contributed by atoms with Crippen LogP contribution in [0.4, 0.5) is 0 Å². The average molecular weight is 388 g/mol. The predicted octanol–water partition coefficient (Wildman–Crippen LogP) is 3.43. The fraction of sp³-hybridized carbons (Fsp3) is 0.0476. The number of H-pyrrole nitrogens is 2. The zero-order valence-corrected chi connectivity index (χ0v) is 15.5. The zero-order chi connectivity index (χ0) is 19.5. The topological polar surface area (TPSA) is 90.1 Å². The molecule has 3 aromatic carbocycles. The Morgan fingerprint density at radius 1 is 1.00 bits per heavy atom. The number of hydrogen-bond acceptors (Lipinski definition) is 4. The van der Waals surface area contributed by atoms with Gasteiger partial charge in [0.15, 0.2) is 4.77 Å². The number of carbonyl (C=O) groups is 1. The lowest BCUT2D eigenvalue weighted by Crippen LogP contribution is -2.21. The summed E-state index contributed by atoms with van der Waals surface area (Å²) >= 11 is 4.91. The van der Waals surface area contributed by atoms with Crippen LogP contribution in [0.5, 0.6) is 0 Å². The Kier molecular flexibility index (Phi) is 4.82. The number of fused-ring (bicyclic) bond motifs is 2. The third kappa shape index (κ3) is 3.74. The van der Waals surface area contributed by atoms with E-state index < -0.39 is 0 Å². The van der Waals surface area contributed by atoms with Gasteiger partial charge in [0.2, 0.25) is 5.91 Å². The van der Waals surface area contributed by atoms with Gasteiger partial charge in [0.05, 0.1) is 12.6 Å². The van der Waals surface area contributed by atoms with Crippen LogP contribution >= 0.6 is 12.2 Å². The molecule has 0 saturated carbocycles. The van der Waals surface area contributed by atoms with Crippen molar-refractivity contribution >= 4 is 45.9 Å². The van der Waals surface area contributed by atoms with Crippen LogP contribution in [0.25, 0.3) is 21.5 Å². The molecular formula is C21H16N4O2S. The van der Waals surface area contributed by atoms with E-state index in [1.165, 1.54) is 6.07 Å². The summed E-state index contributed by atoms with van der Waals surface area (Å²) in [6.07, 6.45) is 1.63. The molecule has 4 rings (SSSR count). The SMILES string of the molecule is O=C(Cc1cc(=O)[nH]c(=S)[nH]1)N/N=C\c1c2ccccc2cc2ccccc12. The number of aromatic nitrogens is 2. The third-order valence-electron chi connectivity index (χ3n) is 4.36. The minimum atomic E-state index is -0.350. The lowest BCUT2D eigenvalue weighted by atomic mass is 9.97. The second kappa shape index (κ2) is 7.58. The van der Waals surface area contributed by atoms with Crippen LogP contribution in [0.1, 0.15) is 11.3 Å². The van der Waals surface area contributed by atoms with Gasteiger partial charge in [0.25, 0.3) is 5.56 Å². The van der Waals surface area contributed by atoms with Crippen molar-refractivity contribution in [3.63, 3.8) is 0 Å². The number of aromatic amines is 2. The van der Waals surface area contributed by atoms with Gasteiger partial charge in [-0.2, -0.15) is 5.10 Å². The van der Waals surface area contributed by atoms with Crippen LogP contribution in [0.2, 0.25) is 0 Å². The Bertz CT molecular complexity index is 1260. The van der Waals surface area contributed by atoms with E-state index >= 15 is 0 Å². The molecule has 0 unspecified atom stereocenters. The molecular weight excluding hydrogens is 372 g/mol. The number of carbonyl (C=O) groups excluding carboxylic acids is 1. The van der Waals surface area contributed by atoms with Gasteiger partial charge >= 0.3 is 0 Å². The van der Waals surface area contributed by atoms with Crippen LogP contribution in [-0.2, 0) is 11.2 Å². The molecule has 0 atom stereocenters. The van der Waals surface area contributed by atoms with E-state index in [4.69, 9.17) is 12.2 Å². The maximum Gasteiger partial charge on any atom is 0.251 e. The standard InChI is InChI=1S/C21H16N4O2S/c26-19-10-15(23-21(28)24-19)11-20(27)25-22-12-18-16-7-3-1-5-13(16)9-14-6-2-4-8-17(14)18/h1-10,12H,11H2,(H,25,27)(H2,23,24,26,28)/b22-12-. The average Bonchev–Trinajstić information content (AvgIpc) is 2.66. The van der Waals surface area contributed by atoms with Gasteiger partial charge < -0.3 is 4.98 Å². The Hall–Kier alpha value is -3.58. The van der Waals surface area contributed by atoms with E-state index in [1.54, 1.807) is 6.21 Å². The number of hydrogen-bond donors (Lipinski definition) is 3. The van der Waals surface area contributed by atoms with Crippen LogP contribution in [-0.4, -0.2) is 22.1 Å². The van der Waals surface area contributed by atoms with Crippen molar-refractivity contribution in [2.75, 3.05) is 0 Å². The normalized spacial score (nSPS) is 11.3. The van der Waals surface area contributed by atoms with Crippen LogP contribution < -0.4 is 11.0 Å². The minimum Gasteiger partial charge on any atom is -0.335 e. The molecule has 0 bridgehead atoms. The first-order chi connectivity index (χ1) is 13.6. The van der Waals surface area contributed by atoms with E-state index in [0.717, 1.165) is 27.1 Å². The molecule has 0 spiro atoms. The van der Waals surface area contributed by atoms with E-state index in [9.17, 15) is 9.59 Å². The summed E-state index contributed by atoms with van der Waals surface area (Å²) in [4.78, 5) is 28.8. The molecule has 0 saturated heterocycles. The summed E-state index contributed by atoms with van der Waals surface area (Å²) < 4.78 is 0.182.